The van der Waals surface area contributed by atoms with E-state index in [1.165, 1.54) is 0 Å². The minimum atomic E-state index is -3.09. The number of carbonyl (C=O) groups excluding carboxylic acids is 2. The zero-order valence-corrected chi connectivity index (χ0v) is 9.70. The van der Waals surface area contributed by atoms with Crippen molar-refractivity contribution in [3.63, 3.8) is 0 Å². The van der Waals surface area contributed by atoms with Crippen molar-refractivity contribution in [3.8, 4) is 0 Å². The van der Waals surface area contributed by atoms with Crippen molar-refractivity contribution in [1.82, 2.24) is 4.90 Å². The highest BCUT2D eigenvalue weighted by atomic mass is 19.3. The summed E-state index contributed by atoms with van der Waals surface area (Å²) in [7, 11) is 0. The third-order valence-corrected chi connectivity index (χ3v) is 1.71. The van der Waals surface area contributed by atoms with Gasteiger partial charge in [0, 0.05) is 6.54 Å². The van der Waals surface area contributed by atoms with Crippen molar-refractivity contribution in [2.75, 3.05) is 19.7 Å². The van der Waals surface area contributed by atoms with E-state index in [1.54, 1.807) is 20.8 Å². The molecule has 16 heavy (non-hydrogen) atoms. The summed E-state index contributed by atoms with van der Waals surface area (Å²) in [4.78, 5) is 23.0. The molecule has 0 aliphatic heterocycles. The van der Waals surface area contributed by atoms with Crippen LogP contribution in [-0.4, -0.2) is 42.9 Å². The molecule has 0 aromatic rings. The number of rotatable bonds is 6. The molecule has 6 heteroatoms. The van der Waals surface area contributed by atoms with E-state index in [4.69, 9.17) is 0 Å². The first-order valence-corrected chi connectivity index (χ1v) is 5.11. The van der Waals surface area contributed by atoms with Gasteiger partial charge in [0.15, 0.2) is 0 Å². The van der Waals surface area contributed by atoms with Crippen molar-refractivity contribution in [1.29, 1.82) is 0 Å². The lowest BCUT2D eigenvalue weighted by Crippen LogP contribution is -2.42. The van der Waals surface area contributed by atoms with Gasteiger partial charge in [-0.25, -0.2) is 0 Å². The Labute approximate surface area is 93.6 Å². The molecule has 94 valence electrons. The SMILES string of the molecule is CCOC(=O)CN(CC(C)C)C(=O)C(F)F. The first kappa shape index (κ1) is 14.8. The van der Waals surface area contributed by atoms with Crippen LogP contribution in [0, 0.1) is 5.92 Å². The Hall–Kier alpha value is -1.20. The summed E-state index contributed by atoms with van der Waals surface area (Å²) in [6.07, 6.45) is -3.09. The van der Waals surface area contributed by atoms with Crippen LogP contribution in [0.3, 0.4) is 0 Å². The van der Waals surface area contributed by atoms with E-state index in [9.17, 15) is 18.4 Å². The maximum absolute atomic E-state index is 12.2. The highest BCUT2D eigenvalue weighted by molar-refractivity contribution is 5.84. The predicted octanol–water partition coefficient (Wildman–Crippen LogP) is 1.30. The fourth-order valence-corrected chi connectivity index (χ4v) is 1.17. The van der Waals surface area contributed by atoms with Crippen molar-refractivity contribution in [2.45, 2.75) is 27.2 Å². The lowest BCUT2D eigenvalue weighted by Gasteiger charge is -2.22. The topological polar surface area (TPSA) is 46.6 Å². The number of esters is 1. The van der Waals surface area contributed by atoms with Gasteiger partial charge in [0.25, 0.3) is 5.91 Å². The molecule has 0 rings (SSSR count). The molecule has 0 N–H and O–H groups in total. The smallest absolute Gasteiger partial charge is 0.325 e. The van der Waals surface area contributed by atoms with E-state index in [2.05, 4.69) is 4.74 Å². The predicted molar refractivity (Wildman–Crippen MR) is 54.1 cm³/mol. The Morgan fingerprint density at radius 1 is 1.31 bits per heavy atom. The van der Waals surface area contributed by atoms with Crippen LogP contribution in [0.25, 0.3) is 0 Å². The summed E-state index contributed by atoms with van der Waals surface area (Å²) < 4.78 is 29.0. The second-order valence-electron chi connectivity index (χ2n) is 3.72. The Bertz CT molecular complexity index is 244. The van der Waals surface area contributed by atoms with Gasteiger partial charge in [0.05, 0.1) is 6.61 Å². The van der Waals surface area contributed by atoms with Gasteiger partial charge in [0.2, 0.25) is 0 Å². The van der Waals surface area contributed by atoms with Gasteiger partial charge in [-0.15, -0.1) is 0 Å². The van der Waals surface area contributed by atoms with Crippen LogP contribution in [0.15, 0.2) is 0 Å². The molecule has 0 fully saturated rings. The third kappa shape index (κ3) is 5.63. The van der Waals surface area contributed by atoms with Gasteiger partial charge in [0.1, 0.15) is 6.54 Å². The molecule has 0 heterocycles. The zero-order valence-electron chi connectivity index (χ0n) is 9.70. The number of alkyl halides is 2. The fraction of sp³-hybridized carbons (Fsp3) is 0.800. The highest BCUT2D eigenvalue weighted by Crippen LogP contribution is 2.05. The second-order valence-corrected chi connectivity index (χ2v) is 3.72. The van der Waals surface area contributed by atoms with Crippen molar-refractivity contribution in [2.24, 2.45) is 5.92 Å². The summed E-state index contributed by atoms with van der Waals surface area (Å²) in [5.74, 6) is -1.99. The number of amides is 1. The van der Waals surface area contributed by atoms with E-state index in [0.717, 1.165) is 4.90 Å². The quantitative estimate of drug-likeness (QED) is 0.654. The van der Waals surface area contributed by atoms with Gasteiger partial charge in [-0.2, -0.15) is 8.78 Å². The first-order valence-electron chi connectivity index (χ1n) is 5.11. The summed E-state index contributed by atoms with van der Waals surface area (Å²) in [5.41, 5.74) is 0. The minimum absolute atomic E-state index is 0.0112. The Kier molecular flexibility index (Phi) is 6.60. The monoisotopic (exact) mass is 237 g/mol. The Morgan fingerprint density at radius 3 is 2.25 bits per heavy atom. The number of ether oxygens (including phenoxy) is 1. The van der Waals surface area contributed by atoms with E-state index in [-0.39, 0.29) is 19.1 Å². The van der Waals surface area contributed by atoms with Crippen LogP contribution < -0.4 is 0 Å². The summed E-state index contributed by atoms with van der Waals surface area (Å²) in [5, 5.41) is 0. The molecule has 0 saturated heterocycles. The van der Waals surface area contributed by atoms with E-state index in [1.807, 2.05) is 0 Å². The summed E-state index contributed by atoms with van der Waals surface area (Å²) >= 11 is 0. The molecular weight excluding hydrogens is 220 g/mol. The fourth-order valence-electron chi connectivity index (χ4n) is 1.17. The van der Waals surface area contributed by atoms with Gasteiger partial charge in [-0.1, -0.05) is 13.8 Å². The maximum Gasteiger partial charge on any atom is 0.325 e. The van der Waals surface area contributed by atoms with Crippen LogP contribution in [0.5, 0.6) is 0 Å². The molecule has 0 aliphatic rings. The van der Waals surface area contributed by atoms with E-state index < -0.39 is 24.8 Å². The molecular formula is C10H17F2NO3. The van der Waals surface area contributed by atoms with Crippen LogP contribution >= 0.6 is 0 Å². The minimum Gasteiger partial charge on any atom is -0.465 e. The normalized spacial score (nSPS) is 10.7. The van der Waals surface area contributed by atoms with Crippen molar-refractivity contribution in [3.05, 3.63) is 0 Å². The highest BCUT2D eigenvalue weighted by Gasteiger charge is 2.26. The molecule has 0 atom stereocenters. The number of halogens is 2. The van der Waals surface area contributed by atoms with Gasteiger partial charge < -0.3 is 9.64 Å². The maximum atomic E-state index is 12.2. The Morgan fingerprint density at radius 2 is 1.88 bits per heavy atom. The van der Waals surface area contributed by atoms with Crippen molar-refractivity contribution < 1.29 is 23.1 Å². The molecule has 0 spiro atoms. The number of nitrogens with zero attached hydrogens (tertiary/aromatic N) is 1. The first-order chi connectivity index (χ1) is 7.38. The zero-order chi connectivity index (χ0) is 12.7. The molecule has 0 saturated carbocycles. The largest absolute Gasteiger partial charge is 0.465 e. The standard InChI is InChI=1S/C10H17F2NO3/c1-4-16-8(14)6-13(5-7(2)3)10(15)9(11)12/h7,9H,4-6H2,1-3H3. The Balaban J connectivity index is 4.43. The molecule has 1 amide bonds. The number of hydrogen-bond acceptors (Lipinski definition) is 3. The average Bonchev–Trinajstić information content (AvgIpc) is 2.15. The van der Waals surface area contributed by atoms with Crippen LogP contribution in [0.2, 0.25) is 0 Å². The van der Waals surface area contributed by atoms with Gasteiger partial charge >= 0.3 is 12.4 Å². The third-order valence-electron chi connectivity index (χ3n) is 1.71. The van der Waals surface area contributed by atoms with Crippen LogP contribution in [0.4, 0.5) is 8.78 Å². The van der Waals surface area contributed by atoms with E-state index in [0.29, 0.717) is 0 Å². The van der Waals surface area contributed by atoms with Gasteiger partial charge in [-0.3, -0.25) is 9.59 Å². The van der Waals surface area contributed by atoms with Crippen LogP contribution in [-0.2, 0) is 14.3 Å². The lowest BCUT2D eigenvalue weighted by atomic mass is 10.2. The molecule has 4 nitrogen and oxygen atoms in total. The summed E-state index contributed by atoms with van der Waals surface area (Å²) in [6, 6.07) is 0. The number of carbonyl (C=O) groups is 2. The molecule has 0 aliphatic carbocycles. The molecule has 0 unspecified atom stereocenters. The molecule has 0 aromatic heterocycles. The second kappa shape index (κ2) is 7.14. The molecule has 0 aromatic carbocycles. The summed E-state index contributed by atoms with van der Waals surface area (Å²) in [6.45, 7) is 5.02. The molecule has 0 bridgehead atoms. The van der Waals surface area contributed by atoms with Crippen molar-refractivity contribution >= 4 is 11.9 Å². The number of hydrogen-bond donors (Lipinski definition) is 0. The molecule has 0 radical (unpaired) electrons. The average molecular weight is 237 g/mol. The van der Waals surface area contributed by atoms with Gasteiger partial charge in [-0.05, 0) is 12.8 Å². The van der Waals surface area contributed by atoms with Crippen LogP contribution in [0.1, 0.15) is 20.8 Å². The lowest BCUT2D eigenvalue weighted by molar-refractivity contribution is -0.153. The van der Waals surface area contributed by atoms with E-state index >= 15 is 0 Å².